The molecule has 0 aromatic heterocycles. The molecule has 0 radical (unpaired) electrons. The molecule has 16 heavy (non-hydrogen) atoms. The smallest absolute Gasteiger partial charge is 0.137 e. The highest BCUT2D eigenvalue weighted by Crippen LogP contribution is 2.48. The fourth-order valence-corrected chi connectivity index (χ4v) is 2.59. The number of fused-ring (bicyclic) bond motifs is 1. The number of benzene rings is 1. The van der Waals surface area contributed by atoms with Crippen molar-refractivity contribution in [2.24, 2.45) is 0 Å². The molecule has 2 aliphatic heterocycles. The van der Waals surface area contributed by atoms with E-state index in [1.54, 1.807) is 12.1 Å². The van der Waals surface area contributed by atoms with E-state index in [-0.39, 0.29) is 11.4 Å². The van der Waals surface area contributed by atoms with E-state index in [0.717, 1.165) is 42.8 Å². The summed E-state index contributed by atoms with van der Waals surface area (Å²) in [6, 6.07) is 5.23. The molecule has 3 heteroatoms. The Morgan fingerprint density at radius 1 is 1.31 bits per heavy atom. The van der Waals surface area contributed by atoms with Gasteiger partial charge in [0, 0.05) is 18.4 Å². The molecule has 1 spiro atoms. The van der Waals surface area contributed by atoms with Crippen LogP contribution in [0.4, 0.5) is 0 Å². The lowest BCUT2D eigenvalue weighted by molar-refractivity contribution is 0.109. The van der Waals surface area contributed by atoms with Crippen LogP contribution in [-0.4, -0.2) is 23.8 Å². The average Bonchev–Trinajstić information content (AvgIpc) is 2.55. The Hall–Kier alpha value is -1.48. The third-order valence-corrected chi connectivity index (χ3v) is 3.55. The molecule has 0 unspecified atom stereocenters. The van der Waals surface area contributed by atoms with Gasteiger partial charge >= 0.3 is 0 Å². The third kappa shape index (κ3) is 1.25. The van der Waals surface area contributed by atoms with E-state index in [9.17, 15) is 5.11 Å². The summed E-state index contributed by atoms with van der Waals surface area (Å²) in [5, 5.41) is 12.8. The van der Waals surface area contributed by atoms with Gasteiger partial charge in [-0.05, 0) is 36.9 Å². The minimum Gasteiger partial charge on any atom is -0.508 e. The number of phenolic OH excluding ortho intramolecular Hbond substituents is 1. The molecule has 84 valence electrons. The Kier molecular flexibility index (Phi) is 1.98. The fraction of sp³-hybridized carbons (Fsp3) is 0.385. The quantitative estimate of drug-likeness (QED) is 0.697. The van der Waals surface area contributed by atoms with Gasteiger partial charge in [0.25, 0.3) is 0 Å². The first-order valence-corrected chi connectivity index (χ1v) is 5.64. The van der Waals surface area contributed by atoms with Gasteiger partial charge in [0.1, 0.15) is 17.1 Å². The molecule has 0 amide bonds. The van der Waals surface area contributed by atoms with Gasteiger partial charge in [-0.2, -0.15) is 0 Å². The SMILES string of the molecule is C=C1c2cc(O)ccc2OC12CCNCC2. The van der Waals surface area contributed by atoms with Gasteiger partial charge < -0.3 is 15.2 Å². The van der Waals surface area contributed by atoms with E-state index in [4.69, 9.17) is 4.74 Å². The van der Waals surface area contributed by atoms with Crippen molar-refractivity contribution in [3.63, 3.8) is 0 Å². The van der Waals surface area contributed by atoms with Crippen LogP contribution in [0.15, 0.2) is 24.8 Å². The molecule has 1 saturated heterocycles. The summed E-state index contributed by atoms with van der Waals surface area (Å²) >= 11 is 0. The van der Waals surface area contributed by atoms with Gasteiger partial charge in [-0.25, -0.2) is 0 Å². The van der Waals surface area contributed by atoms with Gasteiger partial charge in [-0.3, -0.25) is 0 Å². The van der Waals surface area contributed by atoms with Gasteiger partial charge in [0.15, 0.2) is 0 Å². The predicted molar refractivity (Wildman–Crippen MR) is 62.6 cm³/mol. The van der Waals surface area contributed by atoms with Crippen LogP contribution in [0.2, 0.25) is 0 Å². The van der Waals surface area contributed by atoms with Crippen molar-refractivity contribution in [3.05, 3.63) is 30.3 Å². The van der Waals surface area contributed by atoms with E-state index in [0.29, 0.717) is 0 Å². The molecule has 1 fully saturated rings. The van der Waals surface area contributed by atoms with E-state index >= 15 is 0 Å². The van der Waals surface area contributed by atoms with Crippen molar-refractivity contribution in [1.82, 2.24) is 5.32 Å². The Bertz CT molecular complexity index is 447. The van der Waals surface area contributed by atoms with Crippen LogP contribution in [0.5, 0.6) is 11.5 Å². The maximum atomic E-state index is 9.49. The number of rotatable bonds is 0. The molecule has 3 rings (SSSR count). The van der Waals surface area contributed by atoms with Gasteiger partial charge in [0.05, 0.1) is 0 Å². The zero-order chi connectivity index (χ0) is 11.2. The van der Waals surface area contributed by atoms with Gasteiger partial charge in [-0.1, -0.05) is 6.58 Å². The van der Waals surface area contributed by atoms with Crippen LogP contribution in [0.3, 0.4) is 0 Å². The van der Waals surface area contributed by atoms with E-state index in [1.807, 2.05) is 6.07 Å². The molecular weight excluding hydrogens is 202 g/mol. The van der Waals surface area contributed by atoms with Crippen LogP contribution in [0.25, 0.3) is 5.57 Å². The van der Waals surface area contributed by atoms with Crippen molar-refractivity contribution in [2.45, 2.75) is 18.4 Å². The highest BCUT2D eigenvalue weighted by molar-refractivity contribution is 5.79. The molecule has 2 heterocycles. The summed E-state index contributed by atoms with van der Waals surface area (Å²) in [6.07, 6.45) is 1.89. The maximum absolute atomic E-state index is 9.49. The Morgan fingerprint density at radius 3 is 2.81 bits per heavy atom. The topological polar surface area (TPSA) is 41.5 Å². The first-order valence-electron chi connectivity index (χ1n) is 5.64. The molecule has 1 aromatic carbocycles. The van der Waals surface area contributed by atoms with Crippen molar-refractivity contribution in [1.29, 1.82) is 0 Å². The van der Waals surface area contributed by atoms with Crippen molar-refractivity contribution < 1.29 is 9.84 Å². The summed E-state index contributed by atoms with van der Waals surface area (Å²) < 4.78 is 6.05. The van der Waals surface area contributed by atoms with E-state index < -0.39 is 0 Å². The fourth-order valence-electron chi connectivity index (χ4n) is 2.59. The minimum absolute atomic E-state index is 0.235. The summed E-state index contributed by atoms with van der Waals surface area (Å²) in [4.78, 5) is 0. The van der Waals surface area contributed by atoms with Crippen LogP contribution >= 0.6 is 0 Å². The lowest BCUT2D eigenvalue weighted by atomic mass is 9.84. The van der Waals surface area contributed by atoms with Crippen molar-refractivity contribution >= 4 is 5.57 Å². The Balaban J connectivity index is 2.02. The Labute approximate surface area is 94.7 Å². The second-order valence-corrected chi connectivity index (χ2v) is 4.51. The molecular formula is C13H15NO2. The van der Waals surface area contributed by atoms with Gasteiger partial charge in [0.2, 0.25) is 0 Å². The standard InChI is InChI=1S/C13H15NO2/c1-9-11-8-10(15)2-3-12(11)16-13(9)4-6-14-7-5-13/h2-3,8,14-15H,1,4-7H2. The number of piperidine rings is 1. The number of ether oxygens (including phenoxy) is 1. The number of hydrogen-bond donors (Lipinski definition) is 2. The van der Waals surface area contributed by atoms with E-state index in [2.05, 4.69) is 11.9 Å². The molecule has 2 aliphatic rings. The second-order valence-electron chi connectivity index (χ2n) is 4.51. The van der Waals surface area contributed by atoms with Crippen LogP contribution in [-0.2, 0) is 0 Å². The number of aromatic hydroxyl groups is 1. The normalized spacial score (nSPS) is 21.9. The first-order chi connectivity index (χ1) is 7.71. The van der Waals surface area contributed by atoms with Crippen LogP contribution in [0, 0.1) is 0 Å². The average molecular weight is 217 g/mol. The summed E-state index contributed by atoms with van der Waals surface area (Å²) in [6.45, 7) is 6.06. The summed E-state index contributed by atoms with van der Waals surface area (Å²) in [5.74, 6) is 1.12. The second kappa shape index (κ2) is 3.25. The first kappa shape index (κ1) is 9.73. The van der Waals surface area contributed by atoms with Gasteiger partial charge in [-0.15, -0.1) is 0 Å². The highest BCUT2D eigenvalue weighted by atomic mass is 16.5. The highest BCUT2D eigenvalue weighted by Gasteiger charge is 2.43. The molecule has 1 aromatic rings. The molecule has 2 N–H and O–H groups in total. The van der Waals surface area contributed by atoms with Crippen LogP contribution < -0.4 is 10.1 Å². The lowest BCUT2D eigenvalue weighted by Gasteiger charge is -2.34. The Morgan fingerprint density at radius 2 is 2.06 bits per heavy atom. The summed E-state index contributed by atoms with van der Waals surface area (Å²) in [5.41, 5.74) is 1.74. The maximum Gasteiger partial charge on any atom is 0.137 e. The monoisotopic (exact) mass is 217 g/mol. The number of nitrogens with one attached hydrogen (secondary N) is 1. The number of hydrogen-bond acceptors (Lipinski definition) is 3. The van der Waals surface area contributed by atoms with Crippen molar-refractivity contribution in [3.8, 4) is 11.5 Å². The third-order valence-electron chi connectivity index (χ3n) is 3.55. The van der Waals surface area contributed by atoms with E-state index in [1.165, 1.54) is 0 Å². The minimum atomic E-state index is -0.235. The van der Waals surface area contributed by atoms with Crippen LogP contribution in [0.1, 0.15) is 18.4 Å². The molecule has 0 aliphatic carbocycles. The zero-order valence-electron chi connectivity index (χ0n) is 9.12. The molecule has 0 saturated carbocycles. The lowest BCUT2D eigenvalue weighted by Crippen LogP contribution is -2.44. The van der Waals surface area contributed by atoms with Crippen molar-refractivity contribution in [2.75, 3.05) is 13.1 Å². The predicted octanol–water partition coefficient (Wildman–Crippen LogP) is 1.92. The summed E-state index contributed by atoms with van der Waals surface area (Å²) in [7, 11) is 0. The molecule has 0 bridgehead atoms. The molecule has 3 nitrogen and oxygen atoms in total. The molecule has 0 atom stereocenters. The zero-order valence-corrected chi connectivity index (χ0v) is 9.12. The number of phenols is 1. The largest absolute Gasteiger partial charge is 0.508 e.